The van der Waals surface area contributed by atoms with E-state index in [1.807, 2.05) is 54.7 Å². The van der Waals surface area contributed by atoms with Crippen LogP contribution in [0.1, 0.15) is 118 Å². The van der Waals surface area contributed by atoms with E-state index >= 15 is 0 Å². The third-order valence-corrected chi connectivity index (χ3v) is 12.9. The molecule has 3 aliphatic rings. The molecule has 2 unspecified atom stereocenters. The second kappa shape index (κ2) is 22.6. The second-order valence-corrected chi connectivity index (χ2v) is 17.9. The third-order valence-electron chi connectivity index (χ3n) is 12.9. The van der Waals surface area contributed by atoms with E-state index in [-0.39, 0.29) is 73.2 Å². The molecule has 1 aliphatic heterocycles. The van der Waals surface area contributed by atoms with Crippen molar-refractivity contribution in [3.05, 3.63) is 114 Å². The van der Waals surface area contributed by atoms with Crippen molar-refractivity contribution in [3.63, 3.8) is 0 Å². The first-order valence-corrected chi connectivity index (χ1v) is 23.7. The number of carbonyl (C=O) groups excluding carboxylic acids is 5. The largest absolute Gasteiger partial charge is 0.354 e. The molecule has 7 rings (SSSR count). The first kappa shape index (κ1) is 46.0. The zero-order chi connectivity index (χ0) is 44.8. The maximum absolute atomic E-state index is 14.1. The number of carbonyl (C=O) groups is 5. The molecule has 0 radical (unpaired) electrons. The summed E-state index contributed by atoms with van der Waals surface area (Å²) >= 11 is 0. The van der Waals surface area contributed by atoms with Gasteiger partial charge in [0.2, 0.25) is 17.7 Å². The van der Waals surface area contributed by atoms with Crippen LogP contribution in [0.5, 0.6) is 0 Å². The Labute approximate surface area is 377 Å². The number of likely N-dealkylation sites (tertiary alicyclic amines) is 1. The molecule has 64 heavy (non-hydrogen) atoms. The lowest BCUT2D eigenvalue weighted by Gasteiger charge is -2.19. The van der Waals surface area contributed by atoms with Gasteiger partial charge in [0.05, 0.1) is 30.4 Å². The zero-order valence-electron chi connectivity index (χ0n) is 37.5. The Morgan fingerprint density at radius 1 is 0.656 bits per heavy atom. The normalized spacial score (nSPS) is 21.4. The molecule has 6 amide bonds. The molecule has 340 valence electrons. The van der Waals surface area contributed by atoms with E-state index < -0.39 is 17.9 Å². The summed E-state index contributed by atoms with van der Waals surface area (Å²) in [4.78, 5) is 74.3. The minimum absolute atomic E-state index is 0.000645. The lowest BCUT2D eigenvalue weighted by molar-refractivity contribution is -0.133. The molecule has 1 saturated heterocycles. The van der Waals surface area contributed by atoms with Gasteiger partial charge in [0, 0.05) is 67.4 Å². The van der Waals surface area contributed by atoms with Gasteiger partial charge < -0.3 is 36.1 Å². The molecule has 13 nitrogen and oxygen atoms in total. The molecule has 0 spiro atoms. The van der Waals surface area contributed by atoms with E-state index in [9.17, 15) is 24.0 Å². The van der Waals surface area contributed by atoms with Crippen molar-refractivity contribution in [1.82, 2.24) is 41.0 Å². The highest BCUT2D eigenvalue weighted by atomic mass is 16.2. The highest BCUT2D eigenvalue weighted by Gasteiger charge is 2.49. The first-order valence-electron chi connectivity index (χ1n) is 23.7. The Morgan fingerprint density at radius 3 is 1.75 bits per heavy atom. The predicted molar refractivity (Wildman–Crippen MR) is 248 cm³/mol. The highest BCUT2D eigenvalue weighted by Crippen LogP contribution is 2.42. The Bertz CT molecular complexity index is 2090. The number of imidazole rings is 1. The van der Waals surface area contributed by atoms with Crippen LogP contribution in [-0.2, 0) is 20.9 Å². The van der Waals surface area contributed by atoms with Crippen LogP contribution < -0.4 is 26.6 Å². The monoisotopic (exact) mass is 871 g/mol. The Hall–Kier alpha value is -5.98. The van der Waals surface area contributed by atoms with Crippen LogP contribution >= 0.6 is 0 Å². The summed E-state index contributed by atoms with van der Waals surface area (Å²) in [6.07, 6.45) is 14.7. The van der Waals surface area contributed by atoms with Crippen molar-refractivity contribution in [2.24, 2.45) is 11.8 Å². The molecule has 5 N–H and O–H groups in total. The van der Waals surface area contributed by atoms with Gasteiger partial charge in [-0.3, -0.25) is 19.2 Å². The number of aromatic nitrogens is 2. The smallest absolute Gasteiger partial charge is 0.315 e. The van der Waals surface area contributed by atoms with Gasteiger partial charge in [0.15, 0.2) is 0 Å². The quantitative estimate of drug-likeness (QED) is 0.0508. The Kier molecular flexibility index (Phi) is 16.2. The van der Waals surface area contributed by atoms with Gasteiger partial charge in [-0.15, -0.1) is 0 Å². The fourth-order valence-corrected chi connectivity index (χ4v) is 8.93. The van der Waals surface area contributed by atoms with Gasteiger partial charge in [0.25, 0.3) is 5.91 Å². The molecule has 4 aromatic rings. The summed E-state index contributed by atoms with van der Waals surface area (Å²) in [6, 6.07) is 26.2. The Morgan fingerprint density at radius 2 is 1.19 bits per heavy atom. The molecule has 1 aromatic heterocycles. The number of hydrogen-bond acceptors (Lipinski definition) is 6. The van der Waals surface area contributed by atoms with Crippen LogP contribution in [0, 0.1) is 11.8 Å². The predicted octanol–water partition coefficient (Wildman–Crippen LogP) is 6.92. The van der Waals surface area contributed by atoms with Crippen molar-refractivity contribution >= 4 is 29.7 Å². The number of urea groups is 1. The molecule has 0 bridgehead atoms. The fraction of sp³-hybridized carbons (Fsp3) is 0.490. The van der Waals surface area contributed by atoms with Crippen molar-refractivity contribution in [1.29, 1.82) is 0 Å². The Balaban J connectivity index is 0.974. The van der Waals surface area contributed by atoms with Crippen LogP contribution in [0.2, 0.25) is 0 Å². The SMILES string of the molecule is CCCCCCCNC(=O)N[C@H](Cn1cnc(-c2ccc(C(=O)N3CC(C(=O)N[C@H]4C[C@@H]4c4ccccc4)C(C(=O)N[C@H]4C[C@@H]4c4ccccc4)C3)cc2)c1)C(=O)NCCCCCC. The summed E-state index contributed by atoms with van der Waals surface area (Å²) in [7, 11) is 0. The highest BCUT2D eigenvalue weighted by molar-refractivity contribution is 5.97. The molecular weight excluding hydrogens is 805 g/mol. The van der Waals surface area contributed by atoms with Crippen LogP contribution in [-0.4, -0.2) is 88.4 Å². The van der Waals surface area contributed by atoms with Gasteiger partial charge in [-0.25, -0.2) is 9.78 Å². The summed E-state index contributed by atoms with van der Waals surface area (Å²) in [6.45, 7) is 5.87. The van der Waals surface area contributed by atoms with Crippen LogP contribution in [0.25, 0.3) is 11.3 Å². The van der Waals surface area contributed by atoms with Crippen LogP contribution in [0.4, 0.5) is 4.79 Å². The van der Waals surface area contributed by atoms with E-state index in [4.69, 9.17) is 0 Å². The van der Waals surface area contributed by atoms with Crippen LogP contribution in [0.15, 0.2) is 97.5 Å². The molecule has 2 aliphatic carbocycles. The number of benzene rings is 3. The number of nitrogens with zero attached hydrogens (tertiary/aromatic N) is 3. The third kappa shape index (κ3) is 12.6. The van der Waals surface area contributed by atoms with Gasteiger partial charge >= 0.3 is 6.03 Å². The number of rotatable bonds is 23. The minimum Gasteiger partial charge on any atom is -0.354 e. The maximum atomic E-state index is 14.1. The van der Waals surface area contributed by atoms with Crippen molar-refractivity contribution in [2.75, 3.05) is 26.2 Å². The van der Waals surface area contributed by atoms with Gasteiger partial charge in [-0.05, 0) is 48.9 Å². The number of amides is 6. The fourth-order valence-electron chi connectivity index (χ4n) is 8.93. The van der Waals surface area contributed by atoms with Crippen LogP contribution in [0.3, 0.4) is 0 Å². The van der Waals surface area contributed by atoms with Gasteiger partial charge in [-0.1, -0.05) is 132 Å². The van der Waals surface area contributed by atoms with E-state index in [1.54, 1.807) is 27.9 Å². The molecule has 2 heterocycles. The van der Waals surface area contributed by atoms with E-state index in [2.05, 4.69) is 69.7 Å². The average molecular weight is 871 g/mol. The average Bonchev–Trinajstić information content (AvgIpc) is 4.15. The molecule has 3 aromatic carbocycles. The lowest BCUT2D eigenvalue weighted by Crippen LogP contribution is -2.52. The lowest BCUT2D eigenvalue weighted by atomic mass is 9.94. The topological polar surface area (TPSA) is 167 Å². The van der Waals surface area contributed by atoms with Crippen molar-refractivity contribution in [2.45, 2.75) is 121 Å². The summed E-state index contributed by atoms with van der Waals surface area (Å²) in [5.41, 5.74) is 4.22. The van der Waals surface area contributed by atoms with Crippen molar-refractivity contribution in [3.8, 4) is 11.3 Å². The molecule has 3 fully saturated rings. The molecule has 13 heteroatoms. The molecular formula is C51H66N8O5. The number of unbranched alkanes of at least 4 members (excludes halogenated alkanes) is 7. The van der Waals surface area contributed by atoms with Gasteiger partial charge in [0.1, 0.15) is 6.04 Å². The second-order valence-electron chi connectivity index (χ2n) is 17.9. The standard InChI is InChI=1S/C51H66N8O5/c1-3-5-7-9-17-27-53-51(64)57-46(49(62)52-26-16-8-6-4-2)33-58-32-45(54-34-58)37-22-24-38(25-23-37)50(63)59-30-41(47(60)55-43-28-39(43)35-18-12-10-13-19-35)42(31-59)48(61)56-44-29-40(44)36-20-14-11-15-21-36/h10-15,18-25,32,34,39-44,46H,3-9,16-17,26-31,33H2,1-2H3,(H,52,62)(H,55,60)(H,56,61)(H2,53,57,64)/t39-,40-,41?,42?,43+,44+,46-/m1/s1. The zero-order valence-corrected chi connectivity index (χ0v) is 37.5. The minimum atomic E-state index is -0.810. The number of hydrogen-bond donors (Lipinski definition) is 5. The van der Waals surface area contributed by atoms with E-state index in [0.29, 0.717) is 24.3 Å². The molecule has 7 atom stereocenters. The van der Waals surface area contributed by atoms with E-state index in [1.165, 1.54) is 17.5 Å². The first-order chi connectivity index (χ1) is 31.2. The molecule has 2 saturated carbocycles. The van der Waals surface area contributed by atoms with E-state index in [0.717, 1.165) is 69.8 Å². The van der Waals surface area contributed by atoms with Crippen molar-refractivity contribution < 1.29 is 24.0 Å². The van der Waals surface area contributed by atoms with Gasteiger partial charge in [-0.2, -0.15) is 0 Å². The summed E-state index contributed by atoms with van der Waals surface area (Å²) < 4.78 is 1.79. The summed E-state index contributed by atoms with van der Waals surface area (Å²) in [5, 5.41) is 15.2. The summed E-state index contributed by atoms with van der Waals surface area (Å²) in [5.74, 6) is -1.77. The maximum Gasteiger partial charge on any atom is 0.315 e. The number of nitrogens with one attached hydrogen (secondary N) is 5.